The lowest BCUT2D eigenvalue weighted by atomic mass is 10.2. The van der Waals surface area contributed by atoms with Crippen LogP contribution in [0, 0.1) is 5.92 Å². The molecule has 1 heterocycles. The van der Waals surface area contributed by atoms with Gasteiger partial charge in [-0.1, -0.05) is 37.6 Å². The first-order valence-electron chi connectivity index (χ1n) is 10.1. The van der Waals surface area contributed by atoms with Crippen LogP contribution in [0.5, 0.6) is 0 Å². The Balaban J connectivity index is 2.41. The van der Waals surface area contributed by atoms with Crippen molar-refractivity contribution in [3.63, 3.8) is 0 Å². The van der Waals surface area contributed by atoms with E-state index in [0.29, 0.717) is 28.8 Å². The number of nitrogens with one attached hydrogen (secondary N) is 1. The van der Waals surface area contributed by atoms with Crippen molar-refractivity contribution in [3.05, 3.63) is 46.7 Å². The number of nitrogens with zero attached hydrogens (tertiary/aromatic N) is 3. The van der Waals surface area contributed by atoms with E-state index >= 15 is 0 Å². The second kappa shape index (κ2) is 10.6. The Labute approximate surface area is 190 Å². The Morgan fingerprint density at radius 2 is 2.00 bits per heavy atom. The number of aromatic nitrogens is 2. The monoisotopic (exact) mass is 470 g/mol. The molecule has 9 heteroatoms. The molecule has 30 heavy (non-hydrogen) atoms. The van der Waals surface area contributed by atoms with E-state index in [9.17, 15) is 8.42 Å². The van der Waals surface area contributed by atoms with E-state index in [2.05, 4.69) is 38.0 Å². The maximum absolute atomic E-state index is 13.2. The number of hydrogen-bond donors (Lipinski definition) is 1. The zero-order valence-corrected chi connectivity index (χ0v) is 20.6. The quantitative estimate of drug-likeness (QED) is 0.552. The normalized spacial score (nSPS) is 11.9. The molecule has 0 unspecified atom stereocenters. The minimum Gasteiger partial charge on any atom is -0.363 e. The van der Waals surface area contributed by atoms with Gasteiger partial charge in [-0.25, -0.2) is 13.4 Å². The van der Waals surface area contributed by atoms with Crippen LogP contribution in [0.25, 0.3) is 0 Å². The Hall–Kier alpha value is -1.64. The van der Waals surface area contributed by atoms with Crippen LogP contribution in [-0.2, 0) is 28.7 Å². The van der Waals surface area contributed by atoms with Crippen LogP contribution in [0.1, 0.15) is 45.9 Å². The fourth-order valence-corrected chi connectivity index (χ4v) is 5.27. The van der Waals surface area contributed by atoms with Crippen molar-refractivity contribution >= 4 is 38.8 Å². The molecular formula is C21H31ClN4O2S2. The summed E-state index contributed by atoms with van der Waals surface area (Å²) in [5.41, 5.74) is 1.46. The summed E-state index contributed by atoms with van der Waals surface area (Å²) >= 11 is 11.5. The van der Waals surface area contributed by atoms with Gasteiger partial charge in [0.15, 0.2) is 5.11 Å². The molecule has 1 N–H and O–H groups in total. The molecule has 2 rings (SSSR count). The molecule has 2 aromatic rings. The van der Waals surface area contributed by atoms with Gasteiger partial charge in [-0.15, -0.1) is 0 Å². The molecule has 0 aliphatic carbocycles. The fourth-order valence-electron chi connectivity index (χ4n) is 3.15. The molecule has 0 bridgehead atoms. The van der Waals surface area contributed by atoms with Crippen molar-refractivity contribution in [1.29, 1.82) is 0 Å². The molecule has 0 saturated carbocycles. The van der Waals surface area contributed by atoms with Crippen LogP contribution in [0.2, 0.25) is 5.02 Å². The third-order valence-corrected chi connectivity index (χ3v) is 6.73. The van der Waals surface area contributed by atoms with E-state index in [-0.39, 0.29) is 22.9 Å². The van der Waals surface area contributed by atoms with Gasteiger partial charge in [0.25, 0.3) is 0 Å². The van der Waals surface area contributed by atoms with Crippen molar-refractivity contribution in [1.82, 2.24) is 19.8 Å². The van der Waals surface area contributed by atoms with Crippen LogP contribution in [0.15, 0.2) is 35.6 Å². The van der Waals surface area contributed by atoms with Crippen molar-refractivity contribution in [2.24, 2.45) is 5.92 Å². The second-order valence-electron chi connectivity index (χ2n) is 7.98. The number of sulfone groups is 1. The highest BCUT2D eigenvalue weighted by Gasteiger charge is 2.26. The maximum atomic E-state index is 13.2. The van der Waals surface area contributed by atoms with Crippen molar-refractivity contribution in [2.75, 3.05) is 6.54 Å². The number of thiocarbonyl (C=S) groups is 1. The summed E-state index contributed by atoms with van der Waals surface area (Å²) < 4.78 is 28.2. The molecular weight excluding hydrogens is 440 g/mol. The van der Waals surface area contributed by atoms with Gasteiger partial charge in [-0.2, -0.15) is 0 Å². The zero-order chi connectivity index (χ0) is 22.5. The van der Waals surface area contributed by atoms with E-state index in [0.717, 1.165) is 12.2 Å². The summed E-state index contributed by atoms with van der Waals surface area (Å²) in [4.78, 5) is 6.37. The number of imidazole rings is 1. The number of hydrogen-bond acceptors (Lipinski definition) is 4. The van der Waals surface area contributed by atoms with Crippen LogP contribution >= 0.6 is 23.8 Å². The molecule has 0 aliphatic heterocycles. The Morgan fingerprint density at radius 1 is 1.30 bits per heavy atom. The summed E-state index contributed by atoms with van der Waals surface area (Å²) in [6.07, 6.45) is 1.65. The Bertz CT molecular complexity index is 971. The molecule has 0 atom stereocenters. The van der Waals surface area contributed by atoms with Crippen molar-refractivity contribution in [2.45, 2.75) is 64.7 Å². The van der Waals surface area contributed by atoms with Gasteiger partial charge in [0, 0.05) is 24.2 Å². The van der Waals surface area contributed by atoms with Gasteiger partial charge in [-0.05, 0) is 56.6 Å². The number of halogens is 1. The van der Waals surface area contributed by atoms with Crippen LogP contribution in [0.4, 0.5) is 0 Å². The van der Waals surface area contributed by atoms with E-state index in [4.69, 9.17) is 23.8 Å². The molecule has 0 spiro atoms. The van der Waals surface area contributed by atoms with E-state index in [1.54, 1.807) is 30.5 Å². The Kier molecular flexibility index (Phi) is 8.70. The number of rotatable bonds is 9. The number of benzene rings is 1. The predicted molar refractivity (Wildman–Crippen MR) is 126 cm³/mol. The van der Waals surface area contributed by atoms with E-state index < -0.39 is 9.84 Å². The summed E-state index contributed by atoms with van der Waals surface area (Å²) in [7, 11) is -3.65. The van der Waals surface area contributed by atoms with Gasteiger partial charge in [-0.3, -0.25) is 0 Å². The Morgan fingerprint density at radius 3 is 2.57 bits per heavy atom. The SMILES string of the molecule is CCNC(=S)N(Cc1cnc(S(=O)(=O)Cc2cccc(Cl)c2)n1CC(C)C)C(C)C. The molecule has 0 amide bonds. The second-order valence-corrected chi connectivity index (χ2v) is 10.7. The topological polar surface area (TPSA) is 67.2 Å². The third kappa shape index (κ3) is 6.43. The summed E-state index contributed by atoms with van der Waals surface area (Å²) in [5, 5.41) is 4.43. The lowest BCUT2D eigenvalue weighted by molar-refractivity contribution is 0.323. The first kappa shape index (κ1) is 24.6. The highest BCUT2D eigenvalue weighted by molar-refractivity contribution is 7.90. The van der Waals surface area contributed by atoms with Gasteiger partial charge < -0.3 is 14.8 Å². The standard InChI is InChI=1S/C21H31ClN4O2S2/c1-6-23-20(29)25(16(4)5)13-19-11-24-21(26(19)12-15(2)3)30(27,28)14-17-8-7-9-18(22)10-17/h7-11,15-16H,6,12-14H2,1-5H3,(H,23,29). The van der Waals surface area contributed by atoms with Crippen LogP contribution in [0.3, 0.4) is 0 Å². The average molecular weight is 471 g/mol. The molecule has 1 aromatic carbocycles. The highest BCUT2D eigenvalue weighted by atomic mass is 35.5. The maximum Gasteiger partial charge on any atom is 0.228 e. The van der Waals surface area contributed by atoms with Gasteiger partial charge >= 0.3 is 0 Å². The summed E-state index contributed by atoms with van der Waals surface area (Å²) in [5.74, 6) is 0.109. The smallest absolute Gasteiger partial charge is 0.228 e. The minimum absolute atomic E-state index is 0.0873. The summed E-state index contributed by atoms with van der Waals surface area (Å²) in [6.45, 7) is 12.0. The first-order valence-corrected chi connectivity index (χ1v) is 12.5. The van der Waals surface area contributed by atoms with E-state index in [1.165, 1.54) is 0 Å². The van der Waals surface area contributed by atoms with Crippen molar-refractivity contribution < 1.29 is 8.42 Å². The lowest BCUT2D eigenvalue weighted by Crippen LogP contribution is -2.43. The third-order valence-electron chi connectivity index (χ3n) is 4.52. The largest absolute Gasteiger partial charge is 0.363 e. The zero-order valence-electron chi connectivity index (χ0n) is 18.2. The van der Waals surface area contributed by atoms with Gasteiger partial charge in [0.2, 0.25) is 15.0 Å². The van der Waals surface area contributed by atoms with E-state index in [1.807, 2.05) is 16.4 Å². The van der Waals surface area contributed by atoms with Crippen LogP contribution < -0.4 is 5.32 Å². The molecule has 0 aliphatic rings. The molecule has 0 fully saturated rings. The molecule has 0 saturated heterocycles. The van der Waals surface area contributed by atoms with Crippen molar-refractivity contribution in [3.8, 4) is 0 Å². The summed E-state index contributed by atoms with van der Waals surface area (Å²) in [6, 6.07) is 7.07. The molecule has 166 valence electrons. The minimum atomic E-state index is -3.65. The molecule has 1 aromatic heterocycles. The van der Waals surface area contributed by atoms with Gasteiger partial charge in [0.05, 0.1) is 24.2 Å². The van der Waals surface area contributed by atoms with Gasteiger partial charge in [0.1, 0.15) is 0 Å². The molecule has 6 nitrogen and oxygen atoms in total. The average Bonchev–Trinajstić information content (AvgIpc) is 3.01. The first-order chi connectivity index (χ1) is 14.0. The lowest BCUT2D eigenvalue weighted by Gasteiger charge is -2.30. The highest BCUT2D eigenvalue weighted by Crippen LogP contribution is 2.22. The fraction of sp³-hybridized carbons (Fsp3) is 0.524. The molecule has 0 radical (unpaired) electrons. The van der Waals surface area contributed by atoms with Crippen LogP contribution in [-0.4, -0.2) is 40.6 Å². The predicted octanol–water partition coefficient (Wildman–Crippen LogP) is 4.27.